The van der Waals surface area contributed by atoms with Gasteiger partial charge in [-0.2, -0.15) is 0 Å². The van der Waals surface area contributed by atoms with Crippen molar-refractivity contribution in [3.8, 4) is 0 Å². The van der Waals surface area contributed by atoms with E-state index >= 15 is 0 Å². The van der Waals surface area contributed by atoms with E-state index in [4.69, 9.17) is 9.47 Å². The lowest BCUT2D eigenvalue weighted by Gasteiger charge is -2.44. The van der Waals surface area contributed by atoms with Gasteiger partial charge < -0.3 is 14.6 Å². The molecule has 1 saturated heterocycles. The molecule has 2 rings (SSSR count). The van der Waals surface area contributed by atoms with E-state index in [2.05, 4.69) is 0 Å². The molecule has 1 aliphatic rings. The van der Waals surface area contributed by atoms with E-state index < -0.39 is 17.6 Å². The van der Waals surface area contributed by atoms with Crippen LogP contribution in [-0.2, 0) is 20.9 Å². The predicted molar refractivity (Wildman–Crippen MR) is 70.2 cm³/mol. The maximum Gasteiger partial charge on any atom is 0.411 e. The molecule has 6 heteroatoms. The number of hydrogen-bond acceptors (Lipinski definition) is 4. The third-order valence-electron chi connectivity index (χ3n) is 3.34. The average molecular weight is 279 g/mol. The van der Waals surface area contributed by atoms with Crippen LogP contribution in [0.3, 0.4) is 0 Å². The summed E-state index contributed by atoms with van der Waals surface area (Å²) in [4.78, 5) is 24.6. The molecule has 1 amide bonds. The van der Waals surface area contributed by atoms with Crippen LogP contribution in [0.5, 0.6) is 0 Å². The van der Waals surface area contributed by atoms with Crippen molar-refractivity contribution in [3.63, 3.8) is 0 Å². The fraction of sp³-hybridized carbons (Fsp3) is 0.429. The molecule has 1 aliphatic heterocycles. The molecular formula is C14H17NO5. The molecule has 0 bridgehead atoms. The summed E-state index contributed by atoms with van der Waals surface area (Å²) in [6, 6.07) is 9.24. The maximum atomic E-state index is 12.1. The summed E-state index contributed by atoms with van der Waals surface area (Å²) < 4.78 is 10.1. The third-order valence-corrected chi connectivity index (χ3v) is 3.34. The number of amides is 1. The van der Waals surface area contributed by atoms with Gasteiger partial charge in [-0.05, 0) is 12.5 Å². The number of hydrogen-bond donors (Lipinski definition) is 1. The largest absolute Gasteiger partial charge is 0.479 e. The molecule has 1 N–H and O–H groups in total. The van der Waals surface area contributed by atoms with Gasteiger partial charge in [0, 0.05) is 6.54 Å². The lowest BCUT2D eigenvalue weighted by molar-refractivity contribution is -0.182. The highest BCUT2D eigenvalue weighted by molar-refractivity contribution is 5.85. The first-order chi connectivity index (χ1) is 9.60. The highest BCUT2D eigenvalue weighted by Gasteiger charge is 2.53. The number of aliphatic carboxylic acids is 1. The molecule has 0 spiro atoms. The Labute approximate surface area is 116 Å². The van der Waals surface area contributed by atoms with Crippen LogP contribution in [0.1, 0.15) is 12.5 Å². The molecular weight excluding hydrogens is 262 g/mol. The van der Waals surface area contributed by atoms with Gasteiger partial charge in [0.25, 0.3) is 0 Å². The van der Waals surface area contributed by atoms with Crippen LogP contribution in [-0.4, -0.2) is 47.4 Å². The molecule has 1 fully saturated rings. The quantitative estimate of drug-likeness (QED) is 0.884. The minimum atomic E-state index is -1.29. The Balaban J connectivity index is 2.01. The van der Waals surface area contributed by atoms with Crippen molar-refractivity contribution < 1.29 is 24.2 Å². The van der Waals surface area contributed by atoms with E-state index in [9.17, 15) is 14.7 Å². The average Bonchev–Trinajstić information content (AvgIpc) is 2.40. The fourth-order valence-electron chi connectivity index (χ4n) is 2.09. The zero-order valence-corrected chi connectivity index (χ0v) is 11.2. The maximum absolute atomic E-state index is 12.1. The van der Waals surface area contributed by atoms with Crippen LogP contribution in [0.25, 0.3) is 0 Å². The molecule has 108 valence electrons. The minimum absolute atomic E-state index is 0.00336. The number of likely N-dealkylation sites (N-methyl/N-ethyl adjacent to an activating group) is 1. The zero-order chi connectivity index (χ0) is 14.6. The van der Waals surface area contributed by atoms with Gasteiger partial charge in [0.2, 0.25) is 0 Å². The van der Waals surface area contributed by atoms with Gasteiger partial charge in [-0.1, -0.05) is 30.3 Å². The number of ether oxygens (including phenoxy) is 2. The van der Waals surface area contributed by atoms with Crippen LogP contribution in [0, 0.1) is 0 Å². The molecule has 1 aromatic carbocycles. The Bertz CT molecular complexity index is 484. The number of rotatable bonds is 5. The van der Waals surface area contributed by atoms with Crippen LogP contribution >= 0.6 is 0 Å². The van der Waals surface area contributed by atoms with Gasteiger partial charge in [-0.15, -0.1) is 0 Å². The Morgan fingerprint density at radius 2 is 2.00 bits per heavy atom. The van der Waals surface area contributed by atoms with Crippen molar-refractivity contribution in [1.82, 2.24) is 4.90 Å². The first kappa shape index (κ1) is 14.3. The molecule has 1 heterocycles. The standard InChI is InChI=1S/C14H17NO5/c1-2-15(14(12(16)17)9-19-10-14)13(18)20-8-11-6-4-3-5-7-11/h3-7H,2,8-10H2,1H3,(H,16,17). The molecule has 0 aromatic heterocycles. The number of benzene rings is 1. The van der Waals surface area contributed by atoms with Gasteiger partial charge in [-0.3, -0.25) is 4.90 Å². The van der Waals surface area contributed by atoms with E-state index in [1.165, 1.54) is 4.90 Å². The zero-order valence-electron chi connectivity index (χ0n) is 11.2. The van der Waals surface area contributed by atoms with Gasteiger partial charge in [0.05, 0.1) is 13.2 Å². The monoisotopic (exact) mass is 279 g/mol. The fourth-order valence-corrected chi connectivity index (χ4v) is 2.09. The normalized spacial score (nSPS) is 16.1. The molecule has 20 heavy (non-hydrogen) atoms. The molecule has 0 radical (unpaired) electrons. The number of carboxylic acids is 1. The Hall–Kier alpha value is -2.08. The van der Waals surface area contributed by atoms with Crippen molar-refractivity contribution in [2.24, 2.45) is 0 Å². The Morgan fingerprint density at radius 1 is 1.35 bits per heavy atom. The van der Waals surface area contributed by atoms with Gasteiger partial charge >= 0.3 is 12.1 Å². The predicted octanol–water partition coefficient (Wildman–Crippen LogP) is 1.50. The highest BCUT2D eigenvalue weighted by Crippen LogP contribution is 2.26. The third kappa shape index (κ3) is 2.60. The van der Waals surface area contributed by atoms with E-state index in [-0.39, 0.29) is 26.4 Å². The lowest BCUT2D eigenvalue weighted by Crippen LogP contribution is -2.68. The van der Waals surface area contributed by atoms with Crippen molar-refractivity contribution >= 4 is 12.1 Å². The summed E-state index contributed by atoms with van der Waals surface area (Å²) >= 11 is 0. The highest BCUT2D eigenvalue weighted by atomic mass is 16.6. The van der Waals surface area contributed by atoms with E-state index in [0.717, 1.165) is 5.56 Å². The van der Waals surface area contributed by atoms with Crippen molar-refractivity contribution in [3.05, 3.63) is 35.9 Å². The summed E-state index contributed by atoms with van der Waals surface area (Å²) in [5.74, 6) is -1.07. The van der Waals surface area contributed by atoms with Crippen LogP contribution in [0.15, 0.2) is 30.3 Å². The Morgan fingerprint density at radius 3 is 2.45 bits per heavy atom. The molecule has 1 aromatic rings. The summed E-state index contributed by atoms with van der Waals surface area (Å²) in [5, 5.41) is 9.29. The van der Waals surface area contributed by atoms with Crippen molar-refractivity contribution in [2.45, 2.75) is 19.1 Å². The van der Waals surface area contributed by atoms with E-state index in [1.54, 1.807) is 6.92 Å². The van der Waals surface area contributed by atoms with Crippen LogP contribution < -0.4 is 0 Å². The Kier molecular flexibility index (Phi) is 4.24. The van der Waals surface area contributed by atoms with Gasteiger partial charge in [-0.25, -0.2) is 9.59 Å². The van der Waals surface area contributed by atoms with Gasteiger partial charge in [0.1, 0.15) is 6.61 Å². The molecule has 0 atom stereocenters. The molecule has 6 nitrogen and oxygen atoms in total. The first-order valence-corrected chi connectivity index (χ1v) is 6.39. The van der Waals surface area contributed by atoms with E-state index in [0.29, 0.717) is 0 Å². The summed E-state index contributed by atoms with van der Waals surface area (Å²) in [5.41, 5.74) is -0.436. The number of carbonyl (C=O) groups excluding carboxylic acids is 1. The smallest absolute Gasteiger partial charge is 0.411 e. The topological polar surface area (TPSA) is 76.1 Å². The number of carbonyl (C=O) groups is 2. The number of carboxylic acid groups (broad SMARTS) is 1. The van der Waals surface area contributed by atoms with Crippen molar-refractivity contribution in [1.29, 1.82) is 0 Å². The van der Waals surface area contributed by atoms with Gasteiger partial charge in [0.15, 0.2) is 5.54 Å². The molecule has 0 unspecified atom stereocenters. The number of nitrogens with zero attached hydrogens (tertiary/aromatic N) is 1. The summed E-state index contributed by atoms with van der Waals surface area (Å²) in [7, 11) is 0. The second kappa shape index (κ2) is 5.92. The second-order valence-corrected chi connectivity index (χ2v) is 4.61. The SMILES string of the molecule is CCN(C(=O)OCc1ccccc1)C1(C(=O)O)COC1. The van der Waals surface area contributed by atoms with Crippen LogP contribution in [0.2, 0.25) is 0 Å². The van der Waals surface area contributed by atoms with Crippen LogP contribution in [0.4, 0.5) is 4.79 Å². The van der Waals surface area contributed by atoms with E-state index in [1.807, 2.05) is 30.3 Å². The lowest BCUT2D eigenvalue weighted by atomic mass is 9.95. The first-order valence-electron chi connectivity index (χ1n) is 6.39. The second-order valence-electron chi connectivity index (χ2n) is 4.61. The summed E-state index contributed by atoms with van der Waals surface area (Å²) in [6.45, 7) is 2.08. The summed E-state index contributed by atoms with van der Waals surface area (Å²) in [6.07, 6.45) is -0.637. The molecule has 0 aliphatic carbocycles. The molecule has 0 saturated carbocycles. The minimum Gasteiger partial charge on any atom is -0.479 e. The van der Waals surface area contributed by atoms with Crippen molar-refractivity contribution in [2.75, 3.05) is 19.8 Å².